The number of hydrogen-bond donors (Lipinski definition) is 0. The van der Waals surface area contributed by atoms with Crippen LogP contribution in [0.15, 0.2) is 30.4 Å². The monoisotopic (exact) mass is 310 g/mol. The van der Waals surface area contributed by atoms with Gasteiger partial charge in [0.25, 0.3) is 0 Å². The van der Waals surface area contributed by atoms with Gasteiger partial charge in [0.2, 0.25) is 0 Å². The van der Waals surface area contributed by atoms with Crippen LogP contribution in [0.25, 0.3) is 0 Å². The van der Waals surface area contributed by atoms with Crippen LogP contribution in [-0.4, -0.2) is 0 Å². The summed E-state index contributed by atoms with van der Waals surface area (Å²) in [4.78, 5) is 0. The number of rotatable bonds is 2. The molecule has 0 atom stereocenters. The molecular weight excluding hydrogens is 294 g/mol. The first-order valence-electron chi connectivity index (χ1n) is 3.14. The van der Waals surface area contributed by atoms with Crippen LogP contribution in [0.1, 0.15) is 20.8 Å². The summed E-state index contributed by atoms with van der Waals surface area (Å²) >= 11 is 0. The van der Waals surface area contributed by atoms with Crippen LogP contribution in [-0.2, 0) is 20.4 Å². The van der Waals surface area contributed by atoms with Crippen LogP contribution in [0.5, 0.6) is 0 Å². The Morgan fingerprint density at radius 3 is 1.90 bits per heavy atom. The molecule has 0 bridgehead atoms. The third-order valence-corrected chi connectivity index (χ3v) is 0.492. The first kappa shape index (κ1) is 16.5. The summed E-state index contributed by atoms with van der Waals surface area (Å²) in [6.45, 7) is 14.6. The molecule has 0 amide bonds. The molecule has 10 heavy (non-hydrogen) atoms. The van der Waals surface area contributed by atoms with E-state index in [1.165, 1.54) is 6.08 Å². The maximum Gasteiger partial charge on any atom is 0 e. The van der Waals surface area contributed by atoms with E-state index < -0.39 is 0 Å². The van der Waals surface area contributed by atoms with E-state index >= 15 is 0 Å². The molecule has 0 aliphatic rings. The Kier molecular flexibility index (Phi) is 26.3. The summed E-state index contributed by atoms with van der Waals surface area (Å²) in [5.41, 5.74) is 1.02. The fourth-order valence-corrected chi connectivity index (χ4v) is 0.220. The average Bonchev–Trinajstić information content (AvgIpc) is 1.88. The molecule has 59 valence electrons. The molecule has 0 saturated carbocycles. The van der Waals surface area contributed by atoms with Gasteiger partial charge in [-0.3, -0.25) is 6.58 Å². The van der Waals surface area contributed by atoms with Gasteiger partial charge >= 0.3 is 0 Å². The average molecular weight is 309 g/mol. The van der Waals surface area contributed by atoms with E-state index in [0.717, 1.165) is 5.57 Å². The van der Waals surface area contributed by atoms with E-state index in [0.29, 0.717) is 0 Å². The Hall–Kier alpha value is -0.118. The molecule has 0 nitrogen and oxygen atoms in total. The Morgan fingerprint density at radius 1 is 1.40 bits per heavy atom. The van der Waals surface area contributed by atoms with Crippen molar-refractivity contribution in [3.05, 3.63) is 37.0 Å². The number of allylic oxidation sites excluding steroid dienone is 4. The molecule has 0 saturated heterocycles. The molecule has 0 spiro atoms. The molecule has 0 fully saturated rings. The Labute approximate surface area is 78.4 Å². The van der Waals surface area contributed by atoms with Crippen LogP contribution < -0.4 is 0 Å². The second kappa shape index (κ2) is 15.9. The summed E-state index contributed by atoms with van der Waals surface area (Å²) in [5, 5.41) is 0. The zero-order chi connectivity index (χ0) is 7.70. The molecule has 1 radical (unpaired) electrons. The minimum absolute atomic E-state index is 0. The Morgan fingerprint density at radius 2 is 1.80 bits per heavy atom. The van der Waals surface area contributed by atoms with Crippen molar-refractivity contribution in [2.45, 2.75) is 20.8 Å². The fourth-order valence-electron chi connectivity index (χ4n) is 0.220. The van der Waals surface area contributed by atoms with Crippen molar-refractivity contribution in [2.24, 2.45) is 0 Å². The minimum Gasteiger partial charge on any atom is -0.293 e. The SMILES string of the molecule is CC.[CH-]=C/C=C\C(=C)C.[Re]. The molecule has 0 aromatic carbocycles. The van der Waals surface area contributed by atoms with E-state index in [2.05, 4.69) is 6.58 Å². The summed E-state index contributed by atoms with van der Waals surface area (Å²) in [5.74, 6) is 0. The number of hydrogen-bond acceptors (Lipinski definition) is 0. The summed E-state index contributed by atoms with van der Waals surface area (Å²) in [7, 11) is 0. The Bertz CT molecular complexity index is 101. The van der Waals surface area contributed by atoms with Crippen molar-refractivity contribution in [1.82, 2.24) is 0 Å². The van der Waals surface area contributed by atoms with Gasteiger partial charge in [-0.25, -0.2) is 12.2 Å². The van der Waals surface area contributed by atoms with Gasteiger partial charge in [-0.15, -0.1) is 6.08 Å². The van der Waals surface area contributed by atoms with Crippen molar-refractivity contribution in [1.29, 1.82) is 0 Å². The first-order valence-corrected chi connectivity index (χ1v) is 3.14. The second-order valence-corrected chi connectivity index (χ2v) is 1.40. The van der Waals surface area contributed by atoms with Crippen molar-refractivity contribution in [3.8, 4) is 0 Å². The van der Waals surface area contributed by atoms with Crippen LogP contribution in [0.3, 0.4) is 0 Å². The summed E-state index contributed by atoms with van der Waals surface area (Å²) in [6.07, 6.45) is 5.08. The summed E-state index contributed by atoms with van der Waals surface area (Å²) < 4.78 is 0. The van der Waals surface area contributed by atoms with Gasteiger partial charge in [0.05, 0.1) is 0 Å². The molecule has 0 heterocycles. The predicted octanol–water partition coefficient (Wildman–Crippen LogP) is 3.13. The van der Waals surface area contributed by atoms with Crippen molar-refractivity contribution >= 4 is 0 Å². The molecule has 0 rings (SSSR count). The van der Waals surface area contributed by atoms with Crippen LogP contribution in [0.2, 0.25) is 0 Å². The molecule has 0 N–H and O–H groups in total. The van der Waals surface area contributed by atoms with Crippen molar-refractivity contribution in [3.63, 3.8) is 0 Å². The predicted molar refractivity (Wildman–Crippen MR) is 44.2 cm³/mol. The smallest absolute Gasteiger partial charge is 0 e. The second-order valence-electron chi connectivity index (χ2n) is 1.40. The Balaban J connectivity index is -0.000000149. The molecule has 1 heteroatoms. The quantitative estimate of drug-likeness (QED) is 0.543. The van der Waals surface area contributed by atoms with Crippen molar-refractivity contribution in [2.75, 3.05) is 0 Å². The van der Waals surface area contributed by atoms with E-state index in [1.807, 2.05) is 26.8 Å². The molecule has 0 aromatic rings. The maximum absolute atomic E-state index is 5.02. The van der Waals surface area contributed by atoms with Gasteiger partial charge < -0.3 is 0 Å². The molecule has 0 aromatic heterocycles. The minimum atomic E-state index is 0. The normalized spacial score (nSPS) is 7.10. The van der Waals surface area contributed by atoms with E-state index in [9.17, 15) is 0 Å². The molecule has 0 aliphatic heterocycles. The van der Waals surface area contributed by atoms with Gasteiger partial charge in [0.1, 0.15) is 0 Å². The third kappa shape index (κ3) is 24.8. The van der Waals surface area contributed by atoms with Gasteiger partial charge in [0, 0.05) is 20.4 Å². The van der Waals surface area contributed by atoms with Crippen LogP contribution in [0.4, 0.5) is 0 Å². The van der Waals surface area contributed by atoms with E-state index in [4.69, 9.17) is 6.58 Å². The molecule has 0 unspecified atom stereocenters. The van der Waals surface area contributed by atoms with Crippen LogP contribution >= 0.6 is 0 Å². The zero-order valence-corrected chi connectivity index (χ0v) is 9.61. The largest absolute Gasteiger partial charge is 0.293 e. The standard InChI is InChI=1S/C7H9.C2H6.Re/c1-4-5-6-7(2)3;1-2;/h1,4-6H,2H2,3H3;1-2H3;/q-1;;/b6-5-;;. The van der Waals surface area contributed by atoms with Gasteiger partial charge in [0.15, 0.2) is 0 Å². The van der Waals surface area contributed by atoms with Crippen molar-refractivity contribution < 1.29 is 20.4 Å². The van der Waals surface area contributed by atoms with E-state index in [-0.39, 0.29) is 20.4 Å². The third-order valence-electron chi connectivity index (χ3n) is 0.492. The topological polar surface area (TPSA) is 0 Å². The van der Waals surface area contributed by atoms with Gasteiger partial charge in [-0.05, 0) is 6.92 Å². The first-order chi connectivity index (χ1) is 4.27. The fraction of sp³-hybridized carbons (Fsp3) is 0.333. The molecule has 0 aliphatic carbocycles. The maximum atomic E-state index is 5.02. The van der Waals surface area contributed by atoms with E-state index in [1.54, 1.807) is 6.08 Å². The van der Waals surface area contributed by atoms with Gasteiger partial charge in [-0.1, -0.05) is 26.0 Å². The zero-order valence-electron chi connectivity index (χ0n) is 6.89. The van der Waals surface area contributed by atoms with Crippen LogP contribution in [0, 0.1) is 6.58 Å². The summed E-state index contributed by atoms with van der Waals surface area (Å²) in [6, 6.07) is 0. The molecular formula is C9H15Re-. The van der Waals surface area contributed by atoms with Gasteiger partial charge in [-0.2, -0.15) is 0 Å².